The summed E-state index contributed by atoms with van der Waals surface area (Å²) in [6.45, 7) is 1.05. The highest BCUT2D eigenvalue weighted by Crippen LogP contribution is 2.50. The molecular formula is C17H18N2O6S3. The summed E-state index contributed by atoms with van der Waals surface area (Å²) in [5.74, 6) is -2.29. The molecule has 8 nitrogen and oxygen atoms in total. The Balaban J connectivity index is 1.81. The first kappa shape index (κ1) is 20.7. The smallest absolute Gasteiger partial charge is 0.352 e. The number of carbonyl (C=O) groups excluding carboxylic acids is 3. The zero-order valence-electron chi connectivity index (χ0n) is 15.1. The molecular weight excluding hydrogens is 424 g/mol. The van der Waals surface area contributed by atoms with Crippen LogP contribution in [0.5, 0.6) is 0 Å². The number of nitrogens with zero attached hydrogens (tertiary/aromatic N) is 1. The van der Waals surface area contributed by atoms with Gasteiger partial charge in [0.1, 0.15) is 17.7 Å². The summed E-state index contributed by atoms with van der Waals surface area (Å²) in [5, 5.41) is 13.7. The number of hydrogen-bond donors (Lipinski definition) is 2. The Bertz CT molecular complexity index is 853. The van der Waals surface area contributed by atoms with Crippen LogP contribution in [0.1, 0.15) is 11.8 Å². The van der Waals surface area contributed by atoms with E-state index in [9.17, 15) is 24.3 Å². The molecule has 2 atom stereocenters. The van der Waals surface area contributed by atoms with Crippen LogP contribution in [-0.2, 0) is 30.3 Å². The van der Waals surface area contributed by atoms with Crippen molar-refractivity contribution in [1.82, 2.24) is 10.2 Å². The lowest BCUT2D eigenvalue weighted by molar-refractivity contribution is -0.153. The van der Waals surface area contributed by atoms with Gasteiger partial charge >= 0.3 is 11.9 Å². The summed E-state index contributed by atoms with van der Waals surface area (Å²) < 4.78 is 4.92. The van der Waals surface area contributed by atoms with Gasteiger partial charge in [0.05, 0.1) is 6.42 Å². The molecule has 0 aliphatic carbocycles. The molecule has 0 unspecified atom stereocenters. The number of carboxylic acids is 1. The summed E-state index contributed by atoms with van der Waals surface area (Å²) in [4.78, 5) is 49.1. The van der Waals surface area contributed by atoms with E-state index in [0.717, 1.165) is 4.88 Å². The van der Waals surface area contributed by atoms with E-state index in [1.165, 1.54) is 46.7 Å². The van der Waals surface area contributed by atoms with E-state index in [2.05, 4.69) is 5.32 Å². The molecule has 0 spiro atoms. The molecule has 2 aliphatic rings. The summed E-state index contributed by atoms with van der Waals surface area (Å²) in [6, 6.07) is 3.69. The lowest BCUT2D eigenvalue weighted by Gasteiger charge is -2.56. The van der Waals surface area contributed by atoms with Crippen molar-refractivity contribution in [2.75, 3.05) is 18.6 Å². The molecule has 3 heterocycles. The third kappa shape index (κ3) is 3.65. The maximum absolute atomic E-state index is 13.0. The molecule has 3 rings (SSSR count). The van der Waals surface area contributed by atoms with E-state index in [1.807, 2.05) is 17.5 Å². The molecule has 0 aromatic carbocycles. The second-order valence-electron chi connectivity index (χ2n) is 6.12. The van der Waals surface area contributed by atoms with Crippen LogP contribution in [0.4, 0.5) is 0 Å². The average molecular weight is 443 g/mol. The highest BCUT2D eigenvalue weighted by Gasteiger charge is 2.65. The predicted octanol–water partition coefficient (Wildman–Crippen LogP) is 1.28. The maximum atomic E-state index is 13.0. The Kier molecular flexibility index (Phi) is 6.06. The molecule has 2 amide bonds. The van der Waals surface area contributed by atoms with Gasteiger partial charge in [-0.1, -0.05) is 6.07 Å². The summed E-state index contributed by atoms with van der Waals surface area (Å²) in [5.41, 5.74) is 0.184. The van der Waals surface area contributed by atoms with E-state index in [1.54, 1.807) is 6.26 Å². The van der Waals surface area contributed by atoms with Gasteiger partial charge in [-0.3, -0.25) is 19.3 Å². The first-order valence-electron chi connectivity index (χ1n) is 8.22. The summed E-state index contributed by atoms with van der Waals surface area (Å²) >= 11 is 3.98. The van der Waals surface area contributed by atoms with Crippen LogP contribution in [0.25, 0.3) is 0 Å². The van der Waals surface area contributed by atoms with Crippen LogP contribution < -0.4 is 5.32 Å². The molecule has 28 heavy (non-hydrogen) atoms. The van der Waals surface area contributed by atoms with Crippen LogP contribution >= 0.6 is 34.9 Å². The topological polar surface area (TPSA) is 113 Å². The number of hydrogen-bond acceptors (Lipinski definition) is 8. The second-order valence-corrected chi connectivity index (χ2v) is 9.27. The molecule has 2 aliphatic heterocycles. The zero-order valence-corrected chi connectivity index (χ0v) is 17.5. The number of amides is 2. The highest BCUT2D eigenvalue weighted by molar-refractivity contribution is 8.05. The van der Waals surface area contributed by atoms with Crippen molar-refractivity contribution < 1.29 is 29.0 Å². The van der Waals surface area contributed by atoms with E-state index in [4.69, 9.17) is 4.74 Å². The third-order valence-electron chi connectivity index (χ3n) is 4.32. The number of ether oxygens (including phenoxy) is 1. The van der Waals surface area contributed by atoms with E-state index in [-0.39, 0.29) is 30.4 Å². The van der Waals surface area contributed by atoms with Crippen molar-refractivity contribution in [1.29, 1.82) is 0 Å². The fourth-order valence-electron chi connectivity index (χ4n) is 3.07. The Labute approximate surface area is 173 Å². The Morgan fingerprint density at radius 1 is 1.46 bits per heavy atom. The first-order chi connectivity index (χ1) is 13.3. The van der Waals surface area contributed by atoms with E-state index < -0.39 is 28.1 Å². The molecule has 1 saturated heterocycles. The largest absolute Gasteiger partial charge is 0.477 e. The van der Waals surface area contributed by atoms with Gasteiger partial charge in [0.25, 0.3) is 5.91 Å². The maximum Gasteiger partial charge on any atom is 0.352 e. The minimum Gasteiger partial charge on any atom is -0.477 e. The van der Waals surface area contributed by atoms with Crippen molar-refractivity contribution >= 4 is 58.6 Å². The minimum atomic E-state index is -1.26. The van der Waals surface area contributed by atoms with Crippen LogP contribution in [-0.4, -0.2) is 62.6 Å². The van der Waals surface area contributed by atoms with Crippen molar-refractivity contribution in [3.05, 3.63) is 33.7 Å². The second kappa shape index (κ2) is 8.18. The van der Waals surface area contributed by atoms with Crippen LogP contribution in [0, 0.1) is 0 Å². The quantitative estimate of drug-likeness (QED) is 0.369. The molecule has 0 bridgehead atoms. The SMILES string of the molecule is CS[C@@]1(NC(=O)Cc2cccs2)C(=O)N2C(C(=O)O)=C(COC(C)=O)CS[C@@H]21. The fraction of sp³-hybridized carbons (Fsp3) is 0.412. The lowest BCUT2D eigenvalue weighted by atomic mass is 10.0. The Morgan fingerprint density at radius 2 is 2.21 bits per heavy atom. The first-order valence-corrected chi connectivity index (χ1v) is 11.4. The van der Waals surface area contributed by atoms with Crippen molar-refractivity contribution in [2.24, 2.45) is 0 Å². The number of β-lactam (4-membered cyclic amide) rings is 1. The number of esters is 1. The van der Waals surface area contributed by atoms with Crippen LogP contribution in [0.3, 0.4) is 0 Å². The third-order valence-corrected chi connectivity index (χ3v) is 7.89. The van der Waals surface area contributed by atoms with Crippen LogP contribution in [0.2, 0.25) is 0 Å². The standard InChI is InChI=1S/C17H18N2O6S3/c1-9(20)25-7-10-8-28-16-17(26-2,15(24)19(16)13(10)14(22)23)18-12(21)6-11-4-3-5-27-11/h3-5,16H,6-8H2,1-2H3,(H,18,21)(H,22,23)/t16-,17+/m1/s1. The van der Waals surface area contributed by atoms with Gasteiger partial charge in [0, 0.05) is 23.1 Å². The lowest BCUT2D eigenvalue weighted by Crippen LogP contribution is -2.78. The molecule has 2 N–H and O–H groups in total. The molecule has 150 valence electrons. The predicted molar refractivity (Wildman–Crippen MR) is 107 cm³/mol. The Morgan fingerprint density at radius 3 is 2.79 bits per heavy atom. The van der Waals surface area contributed by atoms with Crippen molar-refractivity contribution in [3.63, 3.8) is 0 Å². The number of aliphatic carboxylic acids is 1. The number of nitrogens with one attached hydrogen (secondary N) is 1. The molecule has 1 aromatic rings. The number of fused-ring (bicyclic) bond motifs is 1. The normalized spacial score (nSPS) is 23.7. The number of carboxylic acid groups (broad SMARTS) is 1. The summed E-state index contributed by atoms with van der Waals surface area (Å²) in [7, 11) is 0. The van der Waals surface area contributed by atoms with E-state index in [0.29, 0.717) is 5.57 Å². The minimum absolute atomic E-state index is 0.157. The monoisotopic (exact) mass is 442 g/mol. The average Bonchev–Trinajstić information content (AvgIpc) is 3.15. The van der Waals surface area contributed by atoms with Gasteiger partial charge in [-0.15, -0.1) is 34.9 Å². The van der Waals surface area contributed by atoms with Crippen molar-refractivity contribution in [3.8, 4) is 0 Å². The summed E-state index contributed by atoms with van der Waals surface area (Å²) in [6.07, 6.45) is 1.86. The van der Waals surface area contributed by atoms with Crippen LogP contribution in [0.15, 0.2) is 28.8 Å². The van der Waals surface area contributed by atoms with Gasteiger partial charge in [0.15, 0.2) is 4.87 Å². The number of thioether (sulfide) groups is 2. The molecule has 1 aromatic heterocycles. The van der Waals surface area contributed by atoms with Crippen molar-refractivity contribution in [2.45, 2.75) is 23.6 Å². The highest BCUT2D eigenvalue weighted by atomic mass is 32.2. The van der Waals surface area contributed by atoms with Gasteiger partial charge in [-0.25, -0.2) is 4.79 Å². The molecule has 0 radical (unpaired) electrons. The van der Waals surface area contributed by atoms with Gasteiger partial charge in [0.2, 0.25) is 5.91 Å². The molecule has 0 saturated carbocycles. The number of rotatable bonds is 7. The Hall–Kier alpha value is -1.98. The fourth-order valence-corrected chi connectivity index (χ4v) is 6.38. The van der Waals surface area contributed by atoms with Gasteiger partial charge in [-0.05, 0) is 17.7 Å². The zero-order chi connectivity index (χ0) is 20.5. The van der Waals surface area contributed by atoms with Gasteiger partial charge < -0.3 is 15.2 Å². The molecule has 1 fully saturated rings. The van der Waals surface area contributed by atoms with E-state index >= 15 is 0 Å². The number of carbonyl (C=O) groups is 4. The number of thiophene rings is 1. The molecule has 11 heteroatoms. The van der Waals surface area contributed by atoms with Gasteiger partial charge in [-0.2, -0.15) is 0 Å².